The van der Waals surface area contributed by atoms with E-state index in [4.69, 9.17) is 20.5 Å². The Kier molecular flexibility index (Phi) is 7.11. The Morgan fingerprint density at radius 1 is 1.04 bits per heavy atom. The van der Waals surface area contributed by atoms with Gasteiger partial charge < -0.3 is 29.2 Å². The van der Waals surface area contributed by atoms with E-state index >= 15 is 0 Å². The average molecular weight is 377 g/mol. The van der Waals surface area contributed by atoms with E-state index < -0.39 is 21.4 Å². The van der Waals surface area contributed by atoms with Crippen LogP contribution in [0, 0.1) is 0 Å². The third kappa shape index (κ3) is 5.46. The van der Waals surface area contributed by atoms with Crippen LogP contribution in [-0.2, 0) is 22.5 Å². The van der Waals surface area contributed by atoms with Crippen molar-refractivity contribution in [2.45, 2.75) is 33.2 Å². The molecule has 0 radical (unpaired) electrons. The second kappa shape index (κ2) is 9.75. The van der Waals surface area contributed by atoms with Gasteiger partial charge in [0.1, 0.15) is 11.5 Å². The van der Waals surface area contributed by atoms with Crippen LogP contribution in [0.15, 0.2) is 36.4 Å². The van der Waals surface area contributed by atoms with E-state index in [1.165, 1.54) is 6.07 Å². The Morgan fingerprint density at radius 2 is 1.56 bits per heavy atom. The first kappa shape index (κ1) is 19.7. The minimum absolute atomic E-state index is 0.146. The van der Waals surface area contributed by atoms with Crippen LogP contribution in [0.3, 0.4) is 0 Å². The van der Waals surface area contributed by atoms with Crippen LogP contribution in [0.4, 0.5) is 4.39 Å². The molecule has 144 valence electrons. The predicted octanol–water partition coefficient (Wildman–Crippen LogP) is 0.887. The summed E-state index contributed by atoms with van der Waals surface area (Å²) in [6.45, 7) is 4.86. The van der Waals surface area contributed by atoms with Crippen molar-refractivity contribution in [2.24, 2.45) is 0 Å². The van der Waals surface area contributed by atoms with Gasteiger partial charge in [0, 0.05) is 0 Å². The van der Waals surface area contributed by atoms with Crippen molar-refractivity contribution in [3.05, 3.63) is 47.5 Å². The molecule has 0 aromatic heterocycles. The molecular weight excluding hydrogens is 353 g/mol. The first-order chi connectivity index (χ1) is 13.3. The molecule has 0 bridgehead atoms. The number of hydrogen-bond donors (Lipinski definition) is 3. The third-order valence-corrected chi connectivity index (χ3v) is 3.94. The van der Waals surface area contributed by atoms with Crippen molar-refractivity contribution in [2.75, 3.05) is 7.15 Å². The van der Waals surface area contributed by atoms with Gasteiger partial charge in [-0.05, 0) is 60.2 Å². The summed E-state index contributed by atoms with van der Waals surface area (Å²) in [5.41, 5.74) is 3.47. The fourth-order valence-electron chi connectivity index (χ4n) is 2.74. The van der Waals surface area contributed by atoms with Gasteiger partial charge in [0.2, 0.25) is 0 Å². The van der Waals surface area contributed by atoms with Gasteiger partial charge in [-0.15, -0.1) is 0 Å². The molecule has 0 saturated heterocycles. The lowest BCUT2D eigenvalue weighted by Gasteiger charge is -2.10. The molecule has 2 aromatic carbocycles. The molecule has 4 rings (SSSR count). The smallest absolute Gasteiger partial charge is 0.491 e. The second-order valence-corrected chi connectivity index (χ2v) is 6.24. The van der Waals surface area contributed by atoms with Crippen LogP contribution in [0.5, 0.6) is 11.5 Å². The molecule has 0 atom stereocenters. The fraction of sp³-hybridized carbons (Fsp3) is 0.333. The summed E-state index contributed by atoms with van der Waals surface area (Å²) in [6, 6.07) is 10.5. The largest absolute Gasteiger partial charge is 0.508 e. The number of hydrogen-bond acceptors (Lipinski definition) is 6. The van der Waals surface area contributed by atoms with Crippen LogP contribution in [0.25, 0.3) is 0 Å². The Labute approximate surface area is 160 Å². The third-order valence-electron chi connectivity index (χ3n) is 3.94. The molecule has 6 nitrogen and oxygen atoms in total. The maximum Gasteiger partial charge on any atom is 0.491 e. The molecule has 0 spiro atoms. The molecule has 2 aromatic rings. The highest BCUT2D eigenvalue weighted by Gasteiger charge is 2.28. The van der Waals surface area contributed by atoms with Gasteiger partial charge in [-0.1, -0.05) is 12.1 Å². The molecule has 0 unspecified atom stereocenters. The summed E-state index contributed by atoms with van der Waals surface area (Å²) < 4.78 is 31.0. The van der Waals surface area contributed by atoms with Gasteiger partial charge in [-0.25, -0.2) is 0 Å². The Hall–Kier alpha value is -2.06. The second-order valence-electron chi connectivity index (χ2n) is 6.24. The van der Waals surface area contributed by atoms with Crippen LogP contribution < -0.4 is 15.7 Å². The number of phenolic OH excluding ortho intramolecular Hbond substituents is 1. The summed E-state index contributed by atoms with van der Waals surface area (Å²) >= 11 is 0. The van der Waals surface area contributed by atoms with Gasteiger partial charge in [-0.2, -0.15) is 0 Å². The minimum Gasteiger partial charge on any atom is -0.508 e. The highest BCUT2D eigenvalue weighted by Crippen LogP contribution is 2.17. The van der Waals surface area contributed by atoms with E-state index in [9.17, 15) is 14.4 Å². The standard InChI is InChI=1S/C10H13BO3.C7H7BO3.CH3F/c1-7(2)14-9-4-3-8-6-13-11(12)10(8)5-9;9-6-2-1-5-4-11-8(10)7(5)3-6;1-2/h3-5,7,12H,6H2,1-2H3;1-3,9-10H,4H2;1H3/i;;1D. The summed E-state index contributed by atoms with van der Waals surface area (Å²) in [6.07, 6.45) is 0.146. The highest BCUT2D eigenvalue weighted by molar-refractivity contribution is 6.62. The van der Waals surface area contributed by atoms with Crippen LogP contribution in [-0.4, -0.2) is 42.6 Å². The monoisotopic (exact) mass is 377 g/mol. The van der Waals surface area contributed by atoms with Crippen molar-refractivity contribution < 1.29 is 35.0 Å². The highest BCUT2D eigenvalue weighted by atomic mass is 19.1. The van der Waals surface area contributed by atoms with Crippen molar-refractivity contribution in [1.82, 2.24) is 0 Å². The Balaban J connectivity index is 0.000000180. The van der Waals surface area contributed by atoms with Crippen LogP contribution >= 0.6 is 0 Å². The van der Waals surface area contributed by atoms with E-state index in [0.717, 1.165) is 22.3 Å². The zero-order valence-electron chi connectivity index (χ0n) is 16.3. The van der Waals surface area contributed by atoms with Gasteiger partial charge in [-0.3, -0.25) is 4.39 Å². The van der Waals surface area contributed by atoms with E-state index in [0.29, 0.717) is 18.7 Å². The normalized spacial score (nSPS) is 14.5. The number of phenols is 1. The maximum atomic E-state index is 9.96. The fourth-order valence-corrected chi connectivity index (χ4v) is 2.74. The molecular formula is C18H23B2FO6. The molecule has 0 saturated carbocycles. The molecule has 0 fully saturated rings. The molecule has 2 aliphatic heterocycles. The molecule has 9 heteroatoms. The number of benzene rings is 2. The van der Waals surface area contributed by atoms with Crippen molar-refractivity contribution in [3.63, 3.8) is 0 Å². The van der Waals surface area contributed by atoms with Gasteiger partial charge in [0.25, 0.3) is 0 Å². The molecule has 0 amide bonds. The SMILES string of the molecule is CC(C)Oc1ccc2c(c1)B(O)OC2.OB1OCc2ccc(O)cc21.[2H]CF. The van der Waals surface area contributed by atoms with E-state index in [1.807, 2.05) is 32.0 Å². The van der Waals surface area contributed by atoms with Gasteiger partial charge >= 0.3 is 14.2 Å². The van der Waals surface area contributed by atoms with Crippen molar-refractivity contribution in [3.8, 4) is 11.5 Å². The molecule has 27 heavy (non-hydrogen) atoms. The summed E-state index contributed by atoms with van der Waals surface area (Å²) in [5, 5.41) is 27.7. The number of aromatic hydroxyl groups is 1. The number of rotatable bonds is 2. The zero-order valence-corrected chi connectivity index (χ0v) is 15.3. The topological polar surface area (TPSA) is 88.4 Å². The van der Waals surface area contributed by atoms with Crippen molar-refractivity contribution >= 4 is 25.2 Å². The Bertz CT molecular complexity index is 780. The molecule has 2 aliphatic rings. The average Bonchev–Trinajstić information content (AvgIpc) is 3.19. The Morgan fingerprint density at radius 3 is 2.11 bits per heavy atom. The first-order valence-electron chi connectivity index (χ1n) is 9.12. The van der Waals surface area contributed by atoms with Crippen LogP contribution in [0.2, 0.25) is 0 Å². The number of ether oxygens (including phenoxy) is 1. The lowest BCUT2D eigenvalue weighted by Crippen LogP contribution is -2.28. The summed E-state index contributed by atoms with van der Waals surface area (Å²) in [5.74, 6) is 0.941. The summed E-state index contributed by atoms with van der Waals surface area (Å²) in [4.78, 5) is 0. The lowest BCUT2D eigenvalue weighted by atomic mass is 9.79. The number of fused-ring (bicyclic) bond motifs is 2. The minimum atomic E-state index is -1.00. The first-order valence-corrected chi connectivity index (χ1v) is 8.41. The van der Waals surface area contributed by atoms with Crippen LogP contribution in [0.1, 0.15) is 26.3 Å². The van der Waals surface area contributed by atoms with E-state index in [1.54, 1.807) is 12.1 Å². The number of alkyl halides is 1. The zero-order chi connectivity index (χ0) is 20.7. The summed E-state index contributed by atoms with van der Waals surface area (Å²) in [7, 11) is -2.65. The van der Waals surface area contributed by atoms with E-state index in [2.05, 4.69) is 0 Å². The van der Waals surface area contributed by atoms with Gasteiger partial charge in [0.05, 0.1) is 27.8 Å². The lowest BCUT2D eigenvalue weighted by molar-refractivity contribution is 0.242. The van der Waals surface area contributed by atoms with E-state index in [-0.39, 0.29) is 11.9 Å². The molecule has 0 aliphatic carbocycles. The number of halogens is 1. The predicted molar refractivity (Wildman–Crippen MR) is 102 cm³/mol. The quantitative estimate of drug-likeness (QED) is 0.674. The van der Waals surface area contributed by atoms with Crippen molar-refractivity contribution in [1.29, 1.82) is 0 Å². The van der Waals surface area contributed by atoms with Gasteiger partial charge in [0.15, 0.2) is 0 Å². The molecule has 2 heterocycles. The maximum absolute atomic E-state index is 9.96. The molecule has 3 N–H and O–H groups in total.